The summed E-state index contributed by atoms with van der Waals surface area (Å²) >= 11 is 0. The number of ether oxygens (including phenoxy) is 5. The van der Waals surface area contributed by atoms with Gasteiger partial charge in [-0.1, -0.05) is 227 Å². The van der Waals surface area contributed by atoms with Gasteiger partial charge in [-0.3, -0.25) is 39.4 Å². The van der Waals surface area contributed by atoms with Crippen LogP contribution < -0.4 is 44.3 Å². The van der Waals surface area contributed by atoms with Gasteiger partial charge in [0, 0.05) is 58.2 Å². The number of nitrogens with one attached hydrogen (secondary N) is 5. The Balaban J connectivity index is 0.000000243. The molecule has 6 unspecified atom stereocenters. The Morgan fingerprint density at radius 3 is 1.21 bits per heavy atom. The summed E-state index contributed by atoms with van der Waals surface area (Å²) in [6.45, 7) is 8.11. The van der Waals surface area contributed by atoms with Crippen molar-refractivity contribution in [2.45, 2.75) is 268 Å². The average molecular weight is 1930 g/mol. The number of carbonyl (C=O) groups excluding carboxylic acids is 6. The normalized spacial score (nSPS) is 21.9. The van der Waals surface area contributed by atoms with Gasteiger partial charge >= 0.3 is 59.8 Å². The van der Waals surface area contributed by atoms with Crippen molar-refractivity contribution in [3.05, 3.63) is 251 Å². The van der Waals surface area contributed by atoms with E-state index in [-0.39, 0.29) is 100.0 Å². The summed E-state index contributed by atoms with van der Waals surface area (Å²) in [5.74, 6) is -3.40. The van der Waals surface area contributed by atoms with Crippen molar-refractivity contribution in [2.75, 3.05) is 13.2 Å². The third-order valence-electron chi connectivity index (χ3n) is 24.7. The van der Waals surface area contributed by atoms with Crippen molar-refractivity contribution in [3.8, 4) is 0 Å². The smallest absolute Gasteiger partial charge is 0.408 e. The zero-order valence-electron chi connectivity index (χ0n) is 75.6. The number of alkyl carbamates (subject to hydrolysis) is 1. The van der Waals surface area contributed by atoms with Crippen LogP contribution in [0.3, 0.4) is 0 Å². The second-order valence-electron chi connectivity index (χ2n) is 33.9. The van der Waals surface area contributed by atoms with Crippen LogP contribution in [0.4, 0.5) is 4.79 Å². The number of aromatic carboxylic acids is 1. The Kier molecular flexibility index (Phi) is 50.7. The number of quaternary nitrogens is 1. The number of aryl methyl sites for hydroxylation is 2. The summed E-state index contributed by atoms with van der Waals surface area (Å²) < 4.78 is 35.1. The van der Waals surface area contributed by atoms with E-state index in [0.29, 0.717) is 86.8 Å². The molecule has 4 aliphatic carbocycles. The number of aliphatic carboxylic acids is 4. The third-order valence-corrected chi connectivity index (χ3v) is 24.7. The maximum atomic E-state index is 13.2. The van der Waals surface area contributed by atoms with Crippen LogP contribution in [0.2, 0.25) is 0 Å². The Morgan fingerprint density at radius 2 is 0.828 bits per heavy atom. The van der Waals surface area contributed by atoms with Gasteiger partial charge in [-0.25, -0.2) is 28.2 Å². The number of carboxylic acid groups (broad SMARTS) is 5. The highest BCUT2D eigenvalue weighted by atomic mass is 36.0. The summed E-state index contributed by atoms with van der Waals surface area (Å²) in [4.78, 5) is 129. The van der Waals surface area contributed by atoms with Gasteiger partial charge in [0.2, 0.25) is 15.1 Å². The number of amides is 2. The fourth-order valence-corrected chi connectivity index (χ4v) is 18.1. The zero-order chi connectivity index (χ0) is 95.3. The first-order valence-corrected chi connectivity index (χ1v) is 48.4. The van der Waals surface area contributed by atoms with E-state index in [0.717, 1.165) is 71.9 Å². The van der Waals surface area contributed by atoms with E-state index in [1.54, 1.807) is 56.0 Å². The molecule has 0 bridgehead atoms. The number of carbonyl (C=O) groups is 11. The quantitative estimate of drug-likeness (QED) is 0.0109. The van der Waals surface area contributed by atoms with E-state index in [2.05, 4.69) is 53.3 Å². The van der Waals surface area contributed by atoms with Crippen molar-refractivity contribution < 1.29 is 124 Å². The molecule has 4 saturated carbocycles. The number of likely N-dealkylation sites (tertiary alicyclic amines) is 1. The SMILES string of the molecule is C.CCOC(=O)[C@H](CCc1ccccc1)N[C@@H](C)C(=O)N1[C@H](C(=O)O)C[C@@H]2CCC[C@@H]21.CCOC(=O)[C@H](CCc1ccccc1)N[C@@H](C)C(=O)O.O=C(N[C@@H](Cc1ccccc1)C(=O)O)OCc1ccccc1.O=C(O)C1CC2CCCC2[NH2+]1.O=C(O)c1ccccc1.O=C(OCc1ccccc1)C1CC2CCCC2N1.O=C(OCc1ccccc1)[C@@H]1C[C@@H]2CCC[C@@H]2N1.O=S(Cl)Cl.[Cl-]. The highest BCUT2D eigenvalue weighted by Gasteiger charge is 2.50. The number of esters is 4. The van der Waals surface area contributed by atoms with Gasteiger partial charge in [-0.15, -0.1) is 0 Å². The Hall–Kier alpha value is -10.7. The maximum Gasteiger partial charge on any atom is 0.408 e. The van der Waals surface area contributed by atoms with Crippen LogP contribution in [0.15, 0.2) is 212 Å². The van der Waals surface area contributed by atoms with Gasteiger partial charge in [0.25, 0.3) is 0 Å². The largest absolute Gasteiger partial charge is 1.00 e. The number of fused-ring (bicyclic) bond motifs is 4. The summed E-state index contributed by atoms with van der Waals surface area (Å²) in [5.41, 5.74) is 6.30. The fourth-order valence-electron chi connectivity index (χ4n) is 18.1. The van der Waals surface area contributed by atoms with Crippen molar-refractivity contribution in [1.82, 2.24) is 31.5 Å². The first-order valence-electron chi connectivity index (χ1n) is 45.6. The highest BCUT2D eigenvalue weighted by Crippen LogP contribution is 2.42. The van der Waals surface area contributed by atoms with Gasteiger partial charge in [-0.05, 0) is 194 Å². The molecule has 12 N–H and O–H groups in total. The lowest BCUT2D eigenvalue weighted by atomic mass is 10.0. The van der Waals surface area contributed by atoms with E-state index < -0.39 is 87.4 Å². The van der Waals surface area contributed by atoms with Gasteiger partial charge in [0.15, 0.2) is 6.04 Å². The van der Waals surface area contributed by atoms with Crippen LogP contribution in [-0.2, 0) is 115 Å². The van der Waals surface area contributed by atoms with Crippen LogP contribution in [0.5, 0.6) is 0 Å². The second-order valence-corrected chi connectivity index (χ2v) is 36.5. The highest BCUT2D eigenvalue weighted by molar-refractivity contribution is 8.26. The van der Waals surface area contributed by atoms with Crippen molar-refractivity contribution >= 4 is 96.3 Å². The molecule has 29 nitrogen and oxygen atoms in total. The second kappa shape index (κ2) is 60.6. The van der Waals surface area contributed by atoms with E-state index in [1.165, 1.54) is 64.7 Å². The first-order chi connectivity index (χ1) is 63.6. The summed E-state index contributed by atoms with van der Waals surface area (Å²) in [6, 6.07) is 62.8. The molecule has 4 saturated heterocycles. The van der Waals surface area contributed by atoms with Crippen LogP contribution >= 0.6 is 21.4 Å². The van der Waals surface area contributed by atoms with E-state index in [9.17, 15) is 63.0 Å². The molecule has 134 heavy (non-hydrogen) atoms. The maximum absolute atomic E-state index is 13.2. The van der Waals surface area contributed by atoms with E-state index in [4.69, 9.17) is 43.2 Å². The Labute approximate surface area is 803 Å². The summed E-state index contributed by atoms with van der Waals surface area (Å²) in [5, 5.41) is 62.1. The summed E-state index contributed by atoms with van der Waals surface area (Å²) in [7, 11) is 7.36. The minimum absolute atomic E-state index is 0. The molecular weight excluding hydrogens is 1800 g/mol. The predicted molar refractivity (Wildman–Crippen MR) is 505 cm³/mol. The molecule has 2 amide bonds. The molecule has 730 valence electrons. The number of hydrogen-bond acceptors (Lipinski definition) is 21. The molecule has 0 radical (unpaired) electrons. The molecular formula is C101H132Cl3N7O22S. The third kappa shape index (κ3) is 39.0. The molecule has 4 aliphatic heterocycles. The topological polar surface area (TPSA) is 432 Å². The van der Waals surface area contributed by atoms with Crippen molar-refractivity contribution in [3.63, 3.8) is 0 Å². The number of carboxylic acids is 5. The molecule has 33 heteroatoms. The monoisotopic (exact) mass is 1930 g/mol. The summed E-state index contributed by atoms with van der Waals surface area (Å²) in [6.07, 6.45) is 19.3. The van der Waals surface area contributed by atoms with Crippen LogP contribution in [-0.4, -0.2) is 192 Å². The van der Waals surface area contributed by atoms with Gasteiger partial charge < -0.3 is 87.8 Å². The van der Waals surface area contributed by atoms with Crippen molar-refractivity contribution in [2.24, 2.45) is 23.7 Å². The number of nitrogens with two attached hydrogens (primary N) is 1. The van der Waals surface area contributed by atoms with E-state index in [1.807, 2.05) is 182 Å². The molecule has 7 aromatic carbocycles. The van der Waals surface area contributed by atoms with Gasteiger partial charge in [0.05, 0.1) is 30.9 Å². The molecule has 8 fully saturated rings. The molecule has 17 atom stereocenters. The molecule has 15 rings (SSSR count). The van der Waals surface area contributed by atoms with Crippen molar-refractivity contribution in [1.29, 1.82) is 0 Å². The number of benzene rings is 7. The Bertz CT molecular complexity index is 4610. The molecule has 7 aromatic rings. The minimum atomic E-state index is -1.67. The Morgan fingerprint density at radius 1 is 0.448 bits per heavy atom. The van der Waals surface area contributed by atoms with E-state index >= 15 is 0 Å². The number of halogens is 3. The van der Waals surface area contributed by atoms with Crippen LogP contribution in [0.1, 0.15) is 194 Å². The first kappa shape index (κ1) is 112. The zero-order valence-corrected chi connectivity index (χ0v) is 78.7. The lowest BCUT2D eigenvalue weighted by molar-refractivity contribution is -0.692. The van der Waals surface area contributed by atoms with Crippen LogP contribution in [0, 0.1) is 23.7 Å². The molecule has 0 aromatic heterocycles. The minimum Gasteiger partial charge on any atom is -1.00 e. The molecule has 4 heterocycles. The number of rotatable bonds is 31. The van der Waals surface area contributed by atoms with Crippen LogP contribution in [0.25, 0.3) is 0 Å². The number of nitrogens with zero attached hydrogens (tertiary/aromatic N) is 1. The average Bonchev–Trinajstić information content (AvgIpc) is 1.62. The lowest BCUT2D eigenvalue weighted by Gasteiger charge is -2.31. The molecule has 0 spiro atoms. The predicted octanol–water partition coefficient (Wildman–Crippen LogP) is 10.8. The van der Waals surface area contributed by atoms with Gasteiger partial charge in [0.1, 0.15) is 62.1 Å². The molecule has 8 aliphatic rings. The standard InChI is InChI=1S/C23H32N2O5.C17H17NO4.C15H21NO4.2C15H19NO2.C8H13NO2.C7H6O2.CH4.Cl2OS.ClH/c1-3-30-23(29)18(13-12-16-8-5-4-6-9-16)24-15(2)21(26)25-19-11-7-10-17(19)14-20(25)22(27)28;19-16(20)15(11-13-7-3-1-4-8-13)18-17(21)22-12-14-9-5-2-6-10-14;1-3-20-15(19)13(16-11(2)14(17)18)10-9-12-7-5-4-6-8-12;2*17-15(18-10-11-5-2-1-3-6-11)14-9-12-7-4-8-13(12)16-14;10-8(11)7-4-5-2-1-3-6(5)9-7;8-7(9)6-4-2-1-3-5-6;;1-4(2)3;/h4-6,8-9,15,17-20,24H,3,7,10-14H2,1-2H3,(H,27,28);1-10,15H,11-12H2,(H,18,21)(H,19,20);4-8,11,13,16H,3,9-10H2,1-2H3,(H,17,18);2*1-3,5-6,12-14,16H,4,7-10H2;5-7,9H,1-4H2,(H,10,11);1-5H,(H,8,9);1H4;;1H/t15-,17-,18-,19-,20-;15-;11-,13-;12-,13-,14-;;;;;;/m0000....../s1. The number of hydrogen-bond donors (Lipinski definition) is 11. The fraction of sp³-hybridized carbons (Fsp3) is 0.475. The lowest BCUT2D eigenvalue weighted by Crippen LogP contribution is -3.00. The van der Waals surface area contributed by atoms with Gasteiger partial charge in [-0.2, -0.15) is 0 Å².